The van der Waals surface area contributed by atoms with Crippen LogP contribution in [0.2, 0.25) is 0 Å². The van der Waals surface area contributed by atoms with Gasteiger partial charge >= 0.3 is 0 Å². The number of hydrogen-bond donors (Lipinski definition) is 3. The van der Waals surface area contributed by atoms with Gasteiger partial charge < -0.3 is 10.6 Å². The lowest BCUT2D eigenvalue weighted by atomic mass is 10.1. The predicted octanol–water partition coefficient (Wildman–Crippen LogP) is 2.98. The highest BCUT2D eigenvalue weighted by Crippen LogP contribution is 2.21. The minimum Gasteiger partial charge on any atom is -0.352 e. The lowest BCUT2D eigenvalue weighted by Crippen LogP contribution is -2.26. The first-order valence-electron chi connectivity index (χ1n) is 8.61. The molecule has 2 aromatic carbocycles. The van der Waals surface area contributed by atoms with E-state index in [9.17, 15) is 18.0 Å². The van der Waals surface area contributed by atoms with Gasteiger partial charge in [-0.05, 0) is 42.8 Å². The van der Waals surface area contributed by atoms with Gasteiger partial charge in [0.15, 0.2) is 0 Å². The molecule has 3 N–H and O–H groups in total. The van der Waals surface area contributed by atoms with Gasteiger partial charge in [0.1, 0.15) is 0 Å². The van der Waals surface area contributed by atoms with Crippen LogP contribution in [0.25, 0.3) is 0 Å². The number of rotatable bonds is 8. The summed E-state index contributed by atoms with van der Waals surface area (Å²) in [6, 6.07) is 12.2. The molecular formula is C19H23N3O4S. The number of hydrogen-bond acceptors (Lipinski definition) is 4. The zero-order chi connectivity index (χ0) is 19.9. The van der Waals surface area contributed by atoms with Crippen molar-refractivity contribution in [2.75, 3.05) is 16.6 Å². The third-order valence-electron chi connectivity index (χ3n) is 3.72. The van der Waals surface area contributed by atoms with Crippen molar-refractivity contribution in [3.8, 4) is 0 Å². The predicted molar refractivity (Wildman–Crippen MR) is 105 cm³/mol. The highest BCUT2D eigenvalue weighted by Gasteiger charge is 2.18. The van der Waals surface area contributed by atoms with Gasteiger partial charge in [-0.1, -0.05) is 25.5 Å². The highest BCUT2D eigenvalue weighted by atomic mass is 32.2. The molecule has 0 bridgehead atoms. The van der Waals surface area contributed by atoms with Gasteiger partial charge in [-0.25, -0.2) is 8.42 Å². The van der Waals surface area contributed by atoms with Gasteiger partial charge in [0.05, 0.1) is 16.1 Å². The van der Waals surface area contributed by atoms with E-state index in [2.05, 4.69) is 15.4 Å². The molecule has 0 aliphatic heterocycles. The summed E-state index contributed by atoms with van der Waals surface area (Å²) in [5.41, 5.74) is 0.960. The fraction of sp³-hybridized carbons (Fsp3) is 0.263. The van der Waals surface area contributed by atoms with E-state index in [0.717, 1.165) is 12.8 Å². The lowest BCUT2D eigenvalue weighted by Gasteiger charge is -2.13. The molecule has 8 heteroatoms. The Labute approximate surface area is 159 Å². The third kappa shape index (κ3) is 5.82. The van der Waals surface area contributed by atoms with Crippen LogP contribution in [0.1, 0.15) is 37.0 Å². The van der Waals surface area contributed by atoms with E-state index in [1.807, 2.05) is 6.92 Å². The average Bonchev–Trinajstić information content (AvgIpc) is 2.62. The van der Waals surface area contributed by atoms with Gasteiger partial charge in [0, 0.05) is 19.2 Å². The summed E-state index contributed by atoms with van der Waals surface area (Å²) in [6.07, 6.45) is 1.79. The first-order valence-corrected chi connectivity index (χ1v) is 10.1. The largest absolute Gasteiger partial charge is 0.352 e. The van der Waals surface area contributed by atoms with Crippen molar-refractivity contribution in [1.29, 1.82) is 0 Å². The van der Waals surface area contributed by atoms with E-state index < -0.39 is 10.0 Å². The molecule has 0 atom stereocenters. The Kier molecular flexibility index (Phi) is 6.95. The molecule has 0 saturated heterocycles. The number of unbranched alkanes of at least 4 members (excludes halogenated alkanes) is 1. The van der Waals surface area contributed by atoms with Crippen LogP contribution in [0, 0.1) is 0 Å². The number of anilines is 2. The monoisotopic (exact) mass is 389 g/mol. The molecular weight excluding hydrogens is 366 g/mol. The molecule has 0 fully saturated rings. The third-order valence-corrected chi connectivity index (χ3v) is 5.10. The highest BCUT2D eigenvalue weighted by molar-refractivity contribution is 7.92. The van der Waals surface area contributed by atoms with Gasteiger partial charge in [-0.3, -0.25) is 14.3 Å². The van der Waals surface area contributed by atoms with E-state index in [1.165, 1.54) is 37.3 Å². The van der Waals surface area contributed by atoms with E-state index in [-0.39, 0.29) is 28.0 Å². The maximum absolute atomic E-state index is 12.6. The molecule has 0 aliphatic carbocycles. The molecule has 2 aromatic rings. The van der Waals surface area contributed by atoms with Crippen LogP contribution in [-0.4, -0.2) is 26.8 Å². The number of carbonyl (C=O) groups excluding carboxylic acids is 2. The molecule has 0 radical (unpaired) electrons. The van der Waals surface area contributed by atoms with E-state index >= 15 is 0 Å². The zero-order valence-corrected chi connectivity index (χ0v) is 16.1. The number of amides is 2. The summed E-state index contributed by atoms with van der Waals surface area (Å²) in [5, 5.41) is 5.35. The molecule has 0 heterocycles. The van der Waals surface area contributed by atoms with Crippen LogP contribution in [-0.2, 0) is 14.8 Å². The zero-order valence-electron chi connectivity index (χ0n) is 15.3. The van der Waals surface area contributed by atoms with Crippen LogP contribution in [0.15, 0.2) is 53.4 Å². The van der Waals surface area contributed by atoms with Crippen LogP contribution in [0.4, 0.5) is 11.4 Å². The standard InChI is InChI=1S/C19H23N3O4S/c1-3-4-13-20-19(24)17-7-5-6-8-18(17)22-27(25,26)16-11-9-15(10-12-16)21-14(2)23/h5-12,22H,3-4,13H2,1-2H3,(H,20,24)(H,21,23). The molecule has 0 unspecified atom stereocenters. The fourth-order valence-electron chi connectivity index (χ4n) is 2.37. The Morgan fingerprint density at radius 2 is 1.67 bits per heavy atom. The summed E-state index contributed by atoms with van der Waals surface area (Å²) < 4.78 is 27.7. The molecule has 0 aliphatic rings. The Morgan fingerprint density at radius 3 is 2.30 bits per heavy atom. The maximum atomic E-state index is 12.6. The molecule has 144 valence electrons. The molecule has 2 amide bonds. The van der Waals surface area contributed by atoms with Gasteiger partial charge in [0.25, 0.3) is 15.9 Å². The molecule has 0 saturated carbocycles. The van der Waals surface area contributed by atoms with Crippen molar-refractivity contribution in [3.63, 3.8) is 0 Å². The summed E-state index contributed by atoms with van der Waals surface area (Å²) in [5.74, 6) is -0.575. The maximum Gasteiger partial charge on any atom is 0.261 e. The van der Waals surface area contributed by atoms with Crippen LogP contribution < -0.4 is 15.4 Å². The van der Waals surface area contributed by atoms with E-state index in [0.29, 0.717) is 12.2 Å². The van der Waals surface area contributed by atoms with Crippen molar-refractivity contribution in [2.24, 2.45) is 0 Å². The Bertz CT molecular complexity index is 909. The lowest BCUT2D eigenvalue weighted by molar-refractivity contribution is -0.114. The van der Waals surface area contributed by atoms with Gasteiger partial charge in [0.2, 0.25) is 5.91 Å². The number of sulfonamides is 1. The molecule has 27 heavy (non-hydrogen) atoms. The van der Waals surface area contributed by atoms with Crippen molar-refractivity contribution in [3.05, 3.63) is 54.1 Å². The summed E-state index contributed by atoms with van der Waals surface area (Å²) in [7, 11) is -3.88. The SMILES string of the molecule is CCCCNC(=O)c1ccccc1NS(=O)(=O)c1ccc(NC(C)=O)cc1. The molecule has 7 nitrogen and oxygen atoms in total. The normalized spacial score (nSPS) is 10.9. The van der Waals surface area contributed by atoms with Crippen molar-refractivity contribution >= 4 is 33.2 Å². The summed E-state index contributed by atoms with van der Waals surface area (Å²) >= 11 is 0. The van der Waals surface area contributed by atoms with E-state index in [1.54, 1.807) is 18.2 Å². The van der Waals surface area contributed by atoms with Crippen LogP contribution in [0.5, 0.6) is 0 Å². The molecule has 0 aromatic heterocycles. The topological polar surface area (TPSA) is 104 Å². The second kappa shape index (κ2) is 9.18. The first kappa shape index (κ1) is 20.4. The Hall–Kier alpha value is -2.87. The Balaban J connectivity index is 2.20. The Morgan fingerprint density at radius 1 is 1.00 bits per heavy atom. The second-order valence-corrected chi connectivity index (χ2v) is 7.65. The number of carbonyl (C=O) groups is 2. The van der Waals surface area contributed by atoms with Crippen LogP contribution in [0.3, 0.4) is 0 Å². The first-order chi connectivity index (χ1) is 12.8. The second-order valence-electron chi connectivity index (χ2n) is 5.97. The van der Waals surface area contributed by atoms with Crippen molar-refractivity contribution in [2.45, 2.75) is 31.6 Å². The van der Waals surface area contributed by atoms with Crippen LogP contribution >= 0.6 is 0 Å². The quantitative estimate of drug-likeness (QED) is 0.604. The number of benzene rings is 2. The average molecular weight is 389 g/mol. The minimum atomic E-state index is -3.88. The molecule has 2 rings (SSSR count). The molecule has 0 spiro atoms. The van der Waals surface area contributed by atoms with Crippen molar-refractivity contribution in [1.82, 2.24) is 5.32 Å². The summed E-state index contributed by atoms with van der Waals surface area (Å²) in [6.45, 7) is 3.92. The van der Waals surface area contributed by atoms with E-state index in [4.69, 9.17) is 0 Å². The fourth-order valence-corrected chi connectivity index (χ4v) is 3.45. The van der Waals surface area contributed by atoms with Gasteiger partial charge in [-0.2, -0.15) is 0 Å². The smallest absolute Gasteiger partial charge is 0.261 e. The van der Waals surface area contributed by atoms with Crippen molar-refractivity contribution < 1.29 is 18.0 Å². The number of para-hydroxylation sites is 1. The van der Waals surface area contributed by atoms with Gasteiger partial charge in [-0.15, -0.1) is 0 Å². The minimum absolute atomic E-state index is 0.0257. The number of nitrogens with one attached hydrogen (secondary N) is 3. The summed E-state index contributed by atoms with van der Waals surface area (Å²) in [4.78, 5) is 23.4.